The van der Waals surface area contributed by atoms with E-state index in [4.69, 9.17) is 5.73 Å². The number of rotatable bonds is 3. The zero-order valence-corrected chi connectivity index (χ0v) is 12.4. The van der Waals surface area contributed by atoms with Crippen molar-refractivity contribution in [3.63, 3.8) is 0 Å². The Morgan fingerprint density at radius 1 is 1.05 bits per heavy atom. The highest BCUT2D eigenvalue weighted by atomic mass is 79.9. The first kappa shape index (κ1) is 16.0. The second-order valence-corrected chi connectivity index (χ2v) is 5.40. The number of benzene rings is 2. The van der Waals surface area contributed by atoms with Crippen LogP contribution in [0.2, 0.25) is 0 Å². The first-order chi connectivity index (χ1) is 9.80. The van der Waals surface area contributed by atoms with Crippen molar-refractivity contribution in [2.45, 2.75) is 18.6 Å². The third-order valence-corrected chi connectivity index (χ3v) is 4.03. The maximum atomic E-state index is 13.4. The van der Waals surface area contributed by atoms with Gasteiger partial charge in [0.1, 0.15) is 5.82 Å². The number of alkyl halides is 3. The van der Waals surface area contributed by atoms with E-state index in [1.54, 1.807) is 6.07 Å². The van der Waals surface area contributed by atoms with E-state index in [2.05, 4.69) is 15.9 Å². The van der Waals surface area contributed by atoms with Crippen LogP contribution in [-0.4, -0.2) is 0 Å². The Hall–Kier alpha value is -1.40. The van der Waals surface area contributed by atoms with Gasteiger partial charge in [-0.2, -0.15) is 13.2 Å². The number of halogens is 5. The summed E-state index contributed by atoms with van der Waals surface area (Å²) in [5.74, 6) is -0.469. The standard InChI is InChI=1S/C15H12BrF4N/c16-14-9(4-3-7-12(14)17)8-13(21)10-5-1-2-6-11(10)15(18,19)20/h1-7,13H,8,21H2. The maximum Gasteiger partial charge on any atom is 0.416 e. The molecule has 2 aromatic carbocycles. The molecule has 2 N–H and O–H groups in total. The molecule has 1 nitrogen and oxygen atoms in total. The molecule has 6 heteroatoms. The first-order valence-electron chi connectivity index (χ1n) is 6.15. The SMILES string of the molecule is NC(Cc1cccc(F)c1Br)c1ccccc1C(F)(F)F. The van der Waals surface area contributed by atoms with Crippen LogP contribution in [0.3, 0.4) is 0 Å². The van der Waals surface area contributed by atoms with Crippen LogP contribution in [0.4, 0.5) is 17.6 Å². The summed E-state index contributed by atoms with van der Waals surface area (Å²) in [6.07, 6.45) is -4.36. The Morgan fingerprint density at radius 2 is 1.71 bits per heavy atom. The second-order valence-electron chi connectivity index (χ2n) is 4.61. The third kappa shape index (κ3) is 3.63. The van der Waals surface area contributed by atoms with E-state index in [0.29, 0.717) is 5.56 Å². The van der Waals surface area contributed by atoms with Gasteiger partial charge >= 0.3 is 6.18 Å². The summed E-state index contributed by atoms with van der Waals surface area (Å²) < 4.78 is 52.6. The molecule has 0 aliphatic carbocycles. The highest BCUT2D eigenvalue weighted by Crippen LogP contribution is 2.35. The van der Waals surface area contributed by atoms with E-state index >= 15 is 0 Å². The lowest BCUT2D eigenvalue weighted by Crippen LogP contribution is -2.19. The molecule has 2 aromatic rings. The summed E-state index contributed by atoms with van der Waals surface area (Å²) in [4.78, 5) is 0. The van der Waals surface area contributed by atoms with Crippen LogP contribution in [0, 0.1) is 5.82 Å². The summed E-state index contributed by atoms with van der Waals surface area (Å²) >= 11 is 3.09. The van der Waals surface area contributed by atoms with E-state index in [1.165, 1.54) is 30.3 Å². The van der Waals surface area contributed by atoms with Crippen LogP contribution in [0.1, 0.15) is 22.7 Å². The summed E-state index contributed by atoms with van der Waals surface area (Å²) in [7, 11) is 0. The predicted molar refractivity (Wildman–Crippen MR) is 76.2 cm³/mol. The molecular formula is C15H12BrF4N. The molecule has 0 saturated carbocycles. The Labute approximate surface area is 127 Å². The summed E-state index contributed by atoms with van der Waals surface area (Å²) in [6.45, 7) is 0. The van der Waals surface area contributed by atoms with Crippen molar-refractivity contribution in [1.82, 2.24) is 0 Å². The van der Waals surface area contributed by atoms with Crippen molar-refractivity contribution < 1.29 is 17.6 Å². The Balaban J connectivity index is 2.33. The van der Waals surface area contributed by atoms with Crippen LogP contribution in [-0.2, 0) is 12.6 Å². The van der Waals surface area contributed by atoms with Crippen LogP contribution >= 0.6 is 15.9 Å². The van der Waals surface area contributed by atoms with Gasteiger partial charge in [-0.1, -0.05) is 30.3 Å². The van der Waals surface area contributed by atoms with Crippen LogP contribution in [0.5, 0.6) is 0 Å². The number of hydrogen-bond donors (Lipinski definition) is 1. The summed E-state index contributed by atoms with van der Waals surface area (Å²) in [5, 5.41) is 0. The van der Waals surface area contributed by atoms with Crippen LogP contribution < -0.4 is 5.73 Å². The molecule has 0 spiro atoms. The quantitative estimate of drug-likeness (QED) is 0.777. The van der Waals surface area contributed by atoms with Crippen LogP contribution in [0.15, 0.2) is 46.9 Å². The highest BCUT2D eigenvalue weighted by Gasteiger charge is 2.34. The van der Waals surface area contributed by atoms with Gasteiger partial charge in [0.15, 0.2) is 0 Å². The fourth-order valence-electron chi connectivity index (χ4n) is 2.13. The van der Waals surface area contributed by atoms with Gasteiger partial charge in [0.2, 0.25) is 0 Å². The molecule has 2 rings (SSSR count). The van der Waals surface area contributed by atoms with Crippen molar-refractivity contribution >= 4 is 15.9 Å². The summed E-state index contributed by atoms with van der Waals surface area (Å²) in [5.41, 5.74) is 5.67. The molecule has 0 aromatic heterocycles. The van der Waals surface area contributed by atoms with Crippen molar-refractivity contribution in [2.75, 3.05) is 0 Å². The van der Waals surface area contributed by atoms with E-state index < -0.39 is 23.6 Å². The largest absolute Gasteiger partial charge is 0.416 e. The van der Waals surface area contributed by atoms with Gasteiger partial charge in [0.05, 0.1) is 10.0 Å². The fraction of sp³-hybridized carbons (Fsp3) is 0.200. The number of hydrogen-bond acceptors (Lipinski definition) is 1. The lowest BCUT2D eigenvalue weighted by Gasteiger charge is -2.19. The lowest BCUT2D eigenvalue weighted by atomic mass is 9.95. The minimum Gasteiger partial charge on any atom is -0.324 e. The van der Waals surface area contributed by atoms with E-state index in [-0.39, 0.29) is 16.5 Å². The summed E-state index contributed by atoms with van der Waals surface area (Å²) in [6, 6.07) is 8.68. The monoisotopic (exact) mass is 361 g/mol. The third-order valence-electron chi connectivity index (χ3n) is 3.14. The first-order valence-corrected chi connectivity index (χ1v) is 6.94. The number of nitrogens with two attached hydrogens (primary N) is 1. The smallest absolute Gasteiger partial charge is 0.324 e. The molecule has 0 radical (unpaired) electrons. The van der Waals surface area contributed by atoms with Crippen molar-refractivity contribution in [3.8, 4) is 0 Å². The molecule has 0 bridgehead atoms. The van der Waals surface area contributed by atoms with Gasteiger partial charge in [-0.25, -0.2) is 4.39 Å². The maximum absolute atomic E-state index is 13.4. The van der Waals surface area contributed by atoms with Gasteiger partial charge in [0, 0.05) is 6.04 Å². The lowest BCUT2D eigenvalue weighted by molar-refractivity contribution is -0.138. The molecule has 1 unspecified atom stereocenters. The molecule has 0 saturated heterocycles. The van der Waals surface area contributed by atoms with Gasteiger partial charge < -0.3 is 5.73 Å². The van der Waals surface area contributed by atoms with Crippen molar-refractivity contribution in [1.29, 1.82) is 0 Å². The van der Waals surface area contributed by atoms with Gasteiger partial charge in [-0.05, 0) is 45.6 Å². The molecular weight excluding hydrogens is 350 g/mol. The van der Waals surface area contributed by atoms with Gasteiger partial charge in [-0.3, -0.25) is 0 Å². The molecule has 21 heavy (non-hydrogen) atoms. The van der Waals surface area contributed by atoms with Crippen molar-refractivity contribution in [3.05, 3.63) is 69.4 Å². The zero-order chi connectivity index (χ0) is 15.6. The molecule has 112 valence electrons. The highest BCUT2D eigenvalue weighted by molar-refractivity contribution is 9.10. The normalized spacial score (nSPS) is 13.2. The molecule has 0 fully saturated rings. The second kappa shape index (κ2) is 6.15. The van der Waals surface area contributed by atoms with E-state index in [1.807, 2.05) is 0 Å². The molecule has 1 atom stereocenters. The average molecular weight is 362 g/mol. The zero-order valence-electron chi connectivity index (χ0n) is 10.8. The molecule has 0 aliphatic rings. The van der Waals surface area contributed by atoms with Gasteiger partial charge in [0.25, 0.3) is 0 Å². The van der Waals surface area contributed by atoms with Crippen molar-refractivity contribution in [2.24, 2.45) is 5.73 Å². The minimum absolute atomic E-state index is 0.00108. The van der Waals surface area contributed by atoms with E-state index in [0.717, 1.165) is 6.07 Å². The Morgan fingerprint density at radius 3 is 2.38 bits per heavy atom. The van der Waals surface area contributed by atoms with Gasteiger partial charge in [-0.15, -0.1) is 0 Å². The van der Waals surface area contributed by atoms with E-state index in [9.17, 15) is 17.6 Å². The molecule has 0 aliphatic heterocycles. The Bertz CT molecular complexity index is 640. The average Bonchev–Trinajstić information content (AvgIpc) is 2.43. The Kier molecular flexibility index (Phi) is 4.68. The topological polar surface area (TPSA) is 26.0 Å². The molecule has 0 amide bonds. The van der Waals surface area contributed by atoms with Crippen LogP contribution in [0.25, 0.3) is 0 Å². The fourth-order valence-corrected chi connectivity index (χ4v) is 2.56. The predicted octanol–water partition coefficient (Wildman–Crippen LogP) is 4.85. The molecule has 0 heterocycles. The minimum atomic E-state index is -4.46.